The van der Waals surface area contributed by atoms with E-state index in [0.717, 1.165) is 63.8 Å². The van der Waals surface area contributed by atoms with E-state index in [1.54, 1.807) is 6.20 Å². The van der Waals surface area contributed by atoms with Crippen LogP contribution in [0.25, 0.3) is 28.3 Å². The molecule has 1 N–H and O–H groups in total. The minimum atomic E-state index is 0.522. The van der Waals surface area contributed by atoms with Crippen LogP contribution in [0.2, 0.25) is 0 Å². The number of ether oxygens (including phenoxy) is 1. The van der Waals surface area contributed by atoms with E-state index in [1.165, 1.54) is 5.56 Å². The molecule has 0 spiro atoms. The first-order chi connectivity index (χ1) is 20.5. The van der Waals surface area contributed by atoms with Crippen LogP contribution < -0.4 is 10.1 Å². The van der Waals surface area contributed by atoms with Gasteiger partial charge in [-0.05, 0) is 92.7 Å². The molecule has 0 bridgehead atoms. The van der Waals surface area contributed by atoms with Crippen molar-refractivity contribution in [3.63, 3.8) is 0 Å². The van der Waals surface area contributed by atoms with Gasteiger partial charge in [-0.3, -0.25) is 4.40 Å². The summed E-state index contributed by atoms with van der Waals surface area (Å²) < 4.78 is 8.17. The minimum absolute atomic E-state index is 0.522. The van der Waals surface area contributed by atoms with Crippen LogP contribution in [0.1, 0.15) is 16.7 Å². The minimum Gasteiger partial charge on any atom is -0.489 e. The lowest BCUT2D eigenvalue weighted by Gasteiger charge is -2.12. The van der Waals surface area contributed by atoms with Crippen molar-refractivity contribution in [2.75, 3.05) is 26.0 Å². The van der Waals surface area contributed by atoms with Gasteiger partial charge in [0.25, 0.3) is 0 Å². The quantitative estimate of drug-likeness (QED) is 0.193. The molecule has 0 fully saturated rings. The van der Waals surface area contributed by atoms with Crippen LogP contribution in [-0.2, 0) is 13.0 Å². The third kappa shape index (κ3) is 6.16. The maximum absolute atomic E-state index is 6.09. The highest BCUT2D eigenvalue weighted by Gasteiger charge is 2.19. The summed E-state index contributed by atoms with van der Waals surface area (Å²) in [5.74, 6) is 1.36. The lowest BCUT2D eigenvalue weighted by molar-refractivity contribution is 0.306. The zero-order valence-corrected chi connectivity index (χ0v) is 24.2. The molecule has 0 aliphatic heterocycles. The number of imidazole rings is 1. The van der Waals surface area contributed by atoms with E-state index in [4.69, 9.17) is 14.7 Å². The van der Waals surface area contributed by atoms with E-state index >= 15 is 0 Å². The number of pyridine rings is 1. The fraction of sp³-hybridized carbons (Fsp3) is 0.171. The van der Waals surface area contributed by atoms with E-state index < -0.39 is 0 Å². The fourth-order valence-electron chi connectivity index (χ4n) is 5.00. The predicted octanol–water partition coefficient (Wildman–Crippen LogP) is 7.19. The van der Waals surface area contributed by atoms with E-state index in [0.29, 0.717) is 12.6 Å². The highest BCUT2D eigenvalue weighted by molar-refractivity contribution is 5.82. The first kappa shape index (κ1) is 27.2. The molecule has 0 aliphatic carbocycles. The van der Waals surface area contributed by atoms with Crippen molar-refractivity contribution in [3.8, 4) is 28.4 Å². The Kier molecular flexibility index (Phi) is 7.92. The summed E-state index contributed by atoms with van der Waals surface area (Å²) in [6, 6.07) is 32.7. The third-order valence-corrected chi connectivity index (χ3v) is 7.16. The third-order valence-electron chi connectivity index (χ3n) is 7.16. The van der Waals surface area contributed by atoms with Crippen molar-refractivity contribution in [1.82, 2.24) is 24.3 Å². The van der Waals surface area contributed by atoms with Gasteiger partial charge in [0.05, 0.1) is 17.1 Å². The normalized spacial score (nSPS) is 11.2. The number of nitrogens with one attached hydrogen (secondary N) is 1. The molecular formula is C35H34N6O. The molecule has 0 unspecified atom stereocenters. The molecule has 210 valence electrons. The second-order valence-electron chi connectivity index (χ2n) is 10.6. The van der Waals surface area contributed by atoms with Gasteiger partial charge in [0.15, 0.2) is 0 Å². The molecule has 3 heterocycles. The number of rotatable bonds is 10. The zero-order valence-electron chi connectivity index (χ0n) is 24.2. The topological polar surface area (TPSA) is 67.6 Å². The average molecular weight is 555 g/mol. The zero-order chi connectivity index (χ0) is 28.9. The van der Waals surface area contributed by atoms with Gasteiger partial charge >= 0.3 is 0 Å². The van der Waals surface area contributed by atoms with Gasteiger partial charge in [-0.2, -0.15) is 0 Å². The van der Waals surface area contributed by atoms with E-state index in [9.17, 15) is 0 Å². The van der Waals surface area contributed by atoms with Crippen molar-refractivity contribution < 1.29 is 4.74 Å². The van der Waals surface area contributed by atoms with Crippen molar-refractivity contribution in [2.24, 2.45) is 0 Å². The smallest absolute Gasteiger partial charge is 0.227 e. The number of nitrogens with zero attached hydrogens (tertiary/aromatic N) is 5. The van der Waals surface area contributed by atoms with Crippen LogP contribution in [0.4, 0.5) is 11.6 Å². The highest BCUT2D eigenvalue weighted by Crippen LogP contribution is 2.35. The monoisotopic (exact) mass is 554 g/mol. The molecule has 0 saturated carbocycles. The number of hydrogen-bond donors (Lipinski definition) is 1. The number of hydrogen-bond acceptors (Lipinski definition) is 6. The molecule has 0 saturated heterocycles. The summed E-state index contributed by atoms with van der Waals surface area (Å²) in [4.78, 5) is 16.7. The van der Waals surface area contributed by atoms with E-state index in [2.05, 4.69) is 83.1 Å². The van der Waals surface area contributed by atoms with Gasteiger partial charge in [0, 0.05) is 30.2 Å². The Balaban J connectivity index is 1.31. The number of aryl methyl sites for hydroxylation is 1. The SMILES string of the molecule is Cc1cc(OCc2ccccc2)ccc1-c1nc2ccccn2c1-c1ccnc(Nc2cccc(CCN(C)C)c2)n1. The first-order valence-electron chi connectivity index (χ1n) is 14.1. The second kappa shape index (κ2) is 12.2. The van der Waals surface area contributed by atoms with E-state index in [1.807, 2.05) is 60.8 Å². The van der Waals surface area contributed by atoms with Crippen LogP contribution >= 0.6 is 0 Å². The first-order valence-corrected chi connectivity index (χ1v) is 14.1. The fourth-order valence-corrected chi connectivity index (χ4v) is 5.00. The summed E-state index contributed by atoms with van der Waals surface area (Å²) in [7, 11) is 4.18. The molecule has 6 aromatic rings. The van der Waals surface area contributed by atoms with Crippen LogP contribution in [0, 0.1) is 6.92 Å². The molecule has 3 aromatic heterocycles. The molecule has 42 heavy (non-hydrogen) atoms. The van der Waals surface area contributed by atoms with Gasteiger partial charge in [0.1, 0.15) is 18.0 Å². The van der Waals surface area contributed by atoms with Crippen molar-refractivity contribution in [1.29, 1.82) is 0 Å². The largest absolute Gasteiger partial charge is 0.489 e. The van der Waals surface area contributed by atoms with Gasteiger partial charge < -0.3 is 15.0 Å². The van der Waals surface area contributed by atoms with E-state index in [-0.39, 0.29) is 0 Å². The Morgan fingerprint density at radius 2 is 1.67 bits per heavy atom. The van der Waals surface area contributed by atoms with Crippen molar-refractivity contribution in [2.45, 2.75) is 20.0 Å². The maximum Gasteiger partial charge on any atom is 0.227 e. The second-order valence-corrected chi connectivity index (χ2v) is 10.6. The number of fused-ring (bicyclic) bond motifs is 1. The number of benzene rings is 3. The summed E-state index contributed by atoms with van der Waals surface area (Å²) in [6.07, 6.45) is 4.79. The summed E-state index contributed by atoms with van der Waals surface area (Å²) in [5.41, 5.74) is 8.89. The molecule has 0 radical (unpaired) electrons. The summed E-state index contributed by atoms with van der Waals surface area (Å²) in [6.45, 7) is 3.61. The summed E-state index contributed by atoms with van der Waals surface area (Å²) in [5, 5.41) is 3.41. The Morgan fingerprint density at radius 1 is 0.833 bits per heavy atom. The lowest BCUT2D eigenvalue weighted by atomic mass is 10.0. The van der Waals surface area contributed by atoms with Gasteiger partial charge in [-0.25, -0.2) is 15.0 Å². The number of aromatic nitrogens is 4. The molecule has 3 aromatic carbocycles. The number of anilines is 2. The molecular weight excluding hydrogens is 520 g/mol. The van der Waals surface area contributed by atoms with Gasteiger partial charge in [-0.1, -0.05) is 48.5 Å². The Hall–Kier alpha value is -5.01. The van der Waals surface area contributed by atoms with Crippen molar-refractivity contribution >= 4 is 17.3 Å². The molecule has 7 nitrogen and oxygen atoms in total. The lowest BCUT2D eigenvalue weighted by Crippen LogP contribution is -2.15. The maximum atomic E-state index is 6.09. The molecule has 6 rings (SSSR count). The Morgan fingerprint density at radius 3 is 2.50 bits per heavy atom. The molecule has 0 amide bonds. The highest BCUT2D eigenvalue weighted by atomic mass is 16.5. The standard InChI is InChI=1S/C35H34N6O/c1-25-22-29(42-24-27-10-5-4-6-11-27)15-16-30(25)33-34(41-20-8-7-14-32(41)39-33)31-17-19-36-35(38-31)37-28-13-9-12-26(23-28)18-21-40(2)3/h4-17,19-20,22-23H,18,21,24H2,1-3H3,(H,36,37,38). The van der Waals surface area contributed by atoms with Crippen molar-refractivity contribution in [3.05, 3.63) is 126 Å². The van der Waals surface area contributed by atoms with Gasteiger partial charge in [0.2, 0.25) is 5.95 Å². The Labute approximate surface area is 246 Å². The van der Waals surface area contributed by atoms with Gasteiger partial charge in [-0.15, -0.1) is 0 Å². The predicted molar refractivity (Wildman–Crippen MR) is 169 cm³/mol. The molecule has 0 atom stereocenters. The Bertz CT molecular complexity index is 1810. The van der Waals surface area contributed by atoms with Crippen LogP contribution in [0.3, 0.4) is 0 Å². The van der Waals surface area contributed by atoms with Crippen LogP contribution in [0.5, 0.6) is 5.75 Å². The van der Waals surface area contributed by atoms with Crippen LogP contribution in [-0.4, -0.2) is 44.9 Å². The molecule has 0 aliphatic rings. The molecule has 7 heteroatoms. The average Bonchev–Trinajstić information content (AvgIpc) is 3.39. The summed E-state index contributed by atoms with van der Waals surface area (Å²) >= 11 is 0. The van der Waals surface area contributed by atoms with Crippen LogP contribution in [0.15, 0.2) is 109 Å². The number of likely N-dealkylation sites (N-methyl/N-ethyl adjacent to an activating group) is 1.